The minimum atomic E-state index is -0.456. The molecule has 29 heavy (non-hydrogen) atoms. The van der Waals surface area contributed by atoms with Crippen LogP contribution in [0.3, 0.4) is 0 Å². The first kappa shape index (κ1) is 19.8. The summed E-state index contributed by atoms with van der Waals surface area (Å²) in [6, 6.07) is 16.7. The van der Waals surface area contributed by atoms with Crippen molar-refractivity contribution in [2.45, 2.75) is 6.54 Å². The highest BCUT2D eigenvalue weighted by molar-refractivity contribution is 6.04. The van der Waals surface area contributed by atoms with Gasteiger partial charge < -0.3 is 15.4 Å². The molecular weight excluding hydrogens is 370 g/mol. The molecule has 2 amide bonds. The molecule has 0 saturated carbocycles. The molecule has 1 aromatic heterocycles. The fourth-order valence-corrected chi connectivity index (χ4v) is 2.63. The fourth-order valence-electron chi connectivity index (χ4n) is 2.63. The summed E-state index contributed by atoms with van der Waals surface area (Å²) in [5.74, 6) is -0.963. The van der Waals surface area contributed by atoms with Gasteiger partial charge in [-0.3, -0.25) is 14.6 Å². The average Bonchev–Trinajstić information content (AvgIpc) is 2.78. The minimum absolute atomic E-state index is 0.237. The SMILES string of the molecule is COC(=O)c1ccc(C(=O)NCc2cccc(NC(=O)c3ccncc3)c2)cc1. The van der Waals surface area contributed by atoms with E-state index < -0.39 is 5.97 Å². The molecule has 3 rings (SSSR count). The minimum Gasteiger partial charge on any atom is -0.465 e. The molecule has 0 spiro atoms. The molecule has 7 nitrogen and oxygen atoms in total. The Morgan fingerprint density at radius 3 is 2.21 bits per heavy atom. The third kappa shape index (κ3) is 5.26. The van der Waals surface area contributed by atoms with Crippen molar-refractivity contribution in [2.24, 2.45) is 0 Å². The summed E-state index contributed by atoms with van der Waals surface area (Å²) in [5, 5.41) is 5.63. The van der Waals surface area contributed by atoms with E-state index in [-0.39, 0.29) is 18.4 Å². The number of benzene rings is 2. The number of aromatic nitrogens is 1. The van der Waals surface area contributed by atoms with E-state index in [1.54, 1.807) is 54.9 Å². The molecule has 0 bridgehead atoms. The number of carbonyl (C=O) groups is 3. The molecule has 0 saturated heterocycles. The first-order valence-electron chi connectivity index (χ1n) is 8.84. The van der Waals surface area contributed by atoms with Crippen LogP contribution in [0.15, 0.2) is 73.1 Å². The molecule has 0 aliphatic heterocycles. The second-order valence-corrected chi connectivity index (χ2v) is 6.14. The topological polar surface area (TPSA) is 97.4 Å². The van der Waals surface area contributed by atoms with Crippen LogP contribution in [0.2, 0.25) is 0 Å². The third-order valence-electron chi connectivity index (χ3n) is 4.15. The van der Waals surface area contributed by atoms with Gasteiger partial charge in [-0.1, -0.05) is 12.1 Å². The molecule has 7 heteroatoms. The molecule has 0 aliphatic rings. The van der Waals surface area contributed by atoms with Crippen molar-refractivity contribution in [3.8, 4) is 0 Å². The van der Waals surface area contributed by atoms with Crippen LogP contribution in [0, 0.1) is 0 Å². The summed E-state index contributed by atoms with van der Waals surface area (Å²) in [6.07, 6.45) is 3.11. The molecule has 0 aliphatic carbocycles. The first-order valence-corrected chi connectivity index (χ1v) is 8.84. The Kier molecular flexibility index (Phi) is 6.32. The Morgan fingerprint density at radius 1 is 0.862 bits per heavy atom. The summed E-state index contributed by atoms with van der Waals surface area (Å²) in [4.78, 5) is 39.9. The lowest BCUT2D eigenvalue weighted by Gasteiger charge is -2.09. The summed E-state index contributed by atoms with van der Waals surface area (Å²) in [5.41, 5.74) is 2.77. The van der Waals surface area contributed by atoms with Gasteiger partial charge in [-0.2, -0.15) is 0 Å². The van der Waals surface area contributed by atoms with Crippen LogP contribution in [0.1, 0.15) is 36.6 Å². The van der Waals surface area contributed by atoms with Crippen molar-refractivity contribution in [2.75, 3.05) is 12.4 Å². The largest absolute Gasteiger partial charge is 0.465 e. The monoisotopic (exact) mass is 389 g/mol. The zero-order valence-electron chi connectivity index (χ0n) is 15.7. The Labute approximate surface area is 167 Å². The van der Waals surface area contributed by atoms with E-state index in [9.17, 15) is 14.4 Å². The maximum atomic E-state index is 12.3. The Balaban J connectivity index is 1.59. The van der Waals surface area contributed by atoms with Gasteiger partial charge in [-0.15, -0.1) is 0 Å². The zero-order valence-corrected chi connectivity index (χ0v) is 15.7. The lowest BCUT2D eigenvalue weighted by atomic mass is 10.1. The van der Waals surface area contributed by atoms with Crippen molar-refractivity contribution in [1.82, 2.24) is 10.3 Å². The molecule has 0 unspecified atom stereocenters. The average molecular weight is 389 g/mol. The van der Waals surface area contributed by atoms with Crippen molar-refractivity contribution in [1.29, 1.82) is 0 Å². The highest BCUT2D eigenvalue weighted by Crippen LogP contribution is 2.13. The quantitative estimate of drug-likeness (QED) is 0.632. The van der Waals surface area contributed by atoms with Crippen LogP contribution in [-0.4, -0.2) is 29.9 Å². The van der Waals surface area contributed by atoms with Crippen molar-refractivity contribution < 1.29 is 19.1 Å². The Bertz CT molecular complexity index is 1020. The summed E-state index contributed by atoms with van der Waals surface area (Å²) >= 11 is 0. The van der Waals surface area contributed by atoms with Gasteiger partial charge in [-0.25, -0.2) is 4.79 Å². The second-order valence-electron chi connectivity index (χ2n) is 6.14. The highest BCUT2D eigenvalue weighted by atomic mass is 16.5. The molecular formula is C22H19N3O4. The van der Waals surface area contributed by atoms with Gasteiger partial charge in [0.25, 0.3) is 11.8 Å². The molecule has 0 radical (unpaired) electrons. The lowest BCUT2D eigenvalue weighted by Crippen LogP contribution is -2.23. The summed E-state index contributed by atoms with van der Waals surface area (Å²) in [6.45, 7) is 0.288. The van der Waals surface area contributed by atoms with Crippen molar-refractivity contribution in [3.05, 3.63) is 95.3 Å². The van der Waals surface area contributed by atoms with E-state index in [1.165, 1.54) is 19.2 Å². The molecule has 3 aromatic rings. The van der Waals surface area contributed by atoms with Crippen molar-refractivity contribution in [3.63, 3.8) is 0 Å². The van der Waals surface area contributed by atoms with E-state index in [0.717, 1.165) is 5.56 Å². The van der Waals surface area contributed by atoms with E-state index in [1.807, 2.05) is 6.07 Å². The van der Waals surface area contributed by atoms with Crippen LogP contribution in [0.25, 0.3) is 0 Å². The van der Waals surface area contributed by atoms with Crippen LogP contribution in [0.4, 0.5) is 5.69 Å². The van der Waals surface area contributed by atoms with Gasteiger partial charge in [0.1, 0.15) is 0 Å². The van der Waals surface area contributed by atoms with Crippen LogP contribution in [0.5, 0.6) is 0 Å². The van der Waals surface area contributed by atoms with Crippen molar-refractivity contribution >= 4 is 23.5 Å². The molecule has 0 fully saturated rings. The number of hydrogen-bond donors (Lipinski definition) is 2. The van der Waals surface area contributed by atoms with Gasteiger partial charge in [0, 0.05) is 35.8 Å². The summed E-state index contributed by atoms with van der Waals surface area (Å²) < 4.78 is 4.64. The maximum Gasteiger partial charge on any atom is 0.337 e. The van der Waals surface area contributed by atoms with Gasteiger partial charge in [0.15, 0.2) is 0 Å². The van der Waals surface area contributed by atoms with Crippen LogP contribution < -0.4 is 10.6 Å². The van der Waals surface area contributed by atoms with Gasteiger partial charge in [0.05, 0.1) is 12.7 Å². The maximum absolute atomic E-state index is 12.3. The van der Waals surface area contributed by atoms with Crippen LogP contribution >= 0.6 is 0 Å². The lowest BCUT2D eigenvalue weighted by molar-refractivity contribution is 0.0600. The number of esters is 1. The molecule has 146 valence electrons. The predicted octanol–water partition coefficient (Wildman–Crippen LogP) is 3.05. The van der Waals surface area contributed by atoms with E-state index in [4.69, 9.17) is 0 Å². The normalized spacial score (nSPS) is 10.1. The Hall–Kier alpha value is -4.00. The third-order valence-corrected chi connectivity index (χ3v) is 4.15. The number of amides is 2. The number of nitrogens with one attached hydrogen (secondary N) is 2. The van der Waals surface area contributed by atoms with E-state index >= 15 is 0 Å². The number of ether oxygens (including phenoxy) is 1. The second kappa shape index (κ2) is 9.27. The highest BCUT2D eigenvalue weighted by Gasteiger charge is 2.10. The number of carbonyl (C=O) groups excluding carboxylic acids is 3. The Morgan fingerprint density at radius 2 is 1.52 bits per heavy atom. The van der Waals surface area contributed by atoms with Crippen LogP contribution in [-0.2, 0) is 11.3 Å². The molecule has 0 atom stereocenters. The summed E-state index contributed by atoms with van der Waals surface area (Å²) in [7, 11) is 1.30. The van der Waals surface area contributed by atoms with E-state index in [0.29, 0.717) is 22.4 Å². The zero-order chi connectivity index (χ0) is 20.6. The predicted molar refractivity (Wildman–Crippen MR) is 108 cm³/mol. The van der Waals surface area contributed by atoms with E-state index in [2.05, 4.69) is 20.4 Å². The number of hydrogen-bond acceptors (Lipinski definition) is 5. The van der Waals surface area contributed by atoms with Gasteiger partial charge >= 0.3 is 5.97 Å². The number of rotatable bonds is 6. The molecule has 1 heterocycles. The molecule has 2 N–H and O–H groups in total. The number of anilines is 1. The fraction of sp³-hybridized carbons (Fsp3) is 0.0909. The van der Waals surface area contributed by atoms with Gasteiger partial charge in [0.2, 0.25) is 0 Å². The molecule has 2 aromatic carbocycles. The number of methoxy groups -OCH3 is 1. The van der Waals surface area contributed by atoms with Gasteiger partial charge in [-0.05, 0) is 54.1 Å². The number of pyridine rings is 1. The first-order chi connectivity index (χ1) is 14.1. The smallest absolute Gasteiger partial charge is 0.337 e. The number of nitrogens with zero attached hydrogens (tertiary/aromatic N) is 1. The standard InChI is InChI=1S/C22H19N3O4/c1-29-22(28)18-7-5-16(6-8-18)20(26)24-14-15-3-2-4-19(13-15)25-21(27)17-9-11-23-12-10-17/h2-13H,14H2,1H3,(H,24,26)(H,25,27).